The smallest absolute Gasteiger partial charge is 0.295 e. The van der Waals surface area contributed by atoms with Gasteiger partial charge in [-0.3, -0.25) is 10.1 Å². The minimum atomic E-state index is -0.559. The zero-order chi connectivity index (χ0) is 13.3. The highest BCUT2D eigenvalue weighted by Crippen LogP contribution is 2.31. The lowest BCUT2D eigenvalue weighted by Gasteiger charge is -2.25. The lowest BCUT2D eigenvalue weighted by molar-refractivity contribution is -0.384. The van der Waals surface area contributed by atoms with E-state index < -0.39 is 10.7 Å². The molecule has 98 valence electrons. The lowest BCUT2D eigenvalue weighted by atomic mass is 10.0. The summed E-state index contributed by atoms with van der Waals surface area (Å²) in [6.45, 7) is 5.20. The van der Waals surface area contributed by atoms with Crippen LogP contribution in [-0.2, 0) is 0 Å². The van der Waals surface area contributed by atoms with E-state index in [-0.39, 0.29) is 11.2 Å². The molecular formula is C12H16FN3O2. The highest BCUT2D eigenvalue weighted by Gasteiger charge is 2.30. The Morgan fingerprint density at radius 1 is 1.56 bits per heavy atom. The van der Waals surface area contributed by atoms with Crippen LogP contribution in [0, 0.1) is 22.9 Å². The Bertz CT molecular complexity index is 484. The molecule has 0 amide bonds. The van der Waals surface area contributed by atoms with E-state index in [1.54, 1.807) is 6.92 Å². The van der Waals surface area contributed by atoms with Crippen molar-refractivity contribution in [2.45, 2.75) is 25.8 Å². The number of hydrogen-bond donors (Lipinski definition) is 2. The number of rotatable bonds is 3. The number of nitro groups is 1. The van der Waals surface area contributed by atoms with Crippen LogP contribution in [0.3, 0.4) is 0 Å². The number of nitro benzene ring substituents is 1. The summed E-state index contributed by atoms with van der Waals surface area (Å²) in [6, 6.07) is 2.47. The molecule has 0 aromatic heterocycles. The molecule has 6 heteroatoms. The van der Waals surface area contributed by atoms with Crippen molar-refractivity contribution in [1.29, 1.82) is 0 Å². The average molecular weight is 253 g/mol. The van der Waals surface area contributed by atoms with Gasteiger partial charge in [-0.1, -0.05) is 0 Å². The van der Waals surface area contributed by atoms with Crippen molar-refractivity contribution >= 4 is 11.4 Å². The summed E-state index contributed by atoms with van der Waals surface area (Å²) in [4.78, 5) is 10.4. The van der Waals surface area contributed by atoms with Gasteiger partial charge in [0, 0.05) is 12.1 Å². The first kappa shape index (κ1) is 12.8. The SMILES string of the molecule is Cc1cc(NC2(C)CCNC2)c([N+](=O)[O-])cc1F. The molecule has 0 aliphatic carbocycles. The van der Waals surface area contributed by atoms with Gasteiger partial charge in [0.05, 0.1) is 11.0 Å². The van der Waals surface area contributed by atoms with Crippen LogP contribution in [0.1, 0.15) is 18.9 Å². The number of hydrogen-bond acceptors (Lipinski definition) is 4. The lowest BCUT2D eigenvalue weighted by Crippen LogP contribution is -2.37. The molecule has 2 N–H and O–H groups in total. The molecule has 0 radical (unpaired) electrons. The van der Waals surface area contributed by atoms with Gasteiger partial charge in [-0.15, -0.1) is 0 Å². The first-order valence-electron chi connectivity index (χ1n) is 5.85. The molecule has 1 aromatic rings. The fourth-order valence-corrected chi connectivity index (χ4v) is 2.17. The summed E-state index contributed by atoms with van der Waals surface area (Å²) in [6.07, 6.45) is 0.876. The van der Waals surface area contributed by atoms with Crippen LogP contribution in [-0.4, -0.2) is 23.6 Å². The van der Waals surface area contributed by atoms with Crippen LogP contribution in [0.15, 0.2) is 12.1 Å². The van der Waals surface area contributed by atoms with Gasteiger partial charge in [0.1, 0.15) is 11.5 Å². The molecule has 1 saturated heterocycles. The van der Waals surface area contributed by atoms with E-state index >= 15 is 0 Å². The molecule has 1 fully saturated rings. The van der Waals surface area contributed by atoms with Crippen molar-refractivity contribution in [3.63, 3.8) is 0 Å². The first-order valence-corrected chi connectivity index (χ1v) is 5.85. The molecule has 0 saturated carbocycles. The zero-order valence-corrected chi connectivity index (χ0v) is 10.4. The molecule has 1 aliphatic rings. The van der Waals surface area contributed by atoms with E-state index in [4.69, 9.17) is 0 Å². The van der Waals surface area contributed by atoms with E-state index in [9.17, 15) is 14.5 Å². The van der Waals surface area contributed by atoms with Gasteiger partial charge in [-0.25, -0.2) is 4.39 Å². The monoisotopic (exact) mass is 253 g/mol. The van der Waals surface area contributed by atoms with Crippen LogP contribution >= 0.6 is 0 Å². The Morgan fingerprint density at radius 2 is 2.28 bits per heavy atom. The fraction of sp³-hybridized carbons (Fsp3) is 0.500. The van der Waals surface area contributed by atoms with Crippen molar-refractivity contribution in [3.8, 4) is 0 Å². The molecular weight excluding hydrogens is 237 g/mol. The Morgan fingerprint density at radius 3 is 2.83 bits per heavy atom. The highest BCUT2D eigenvalue weighted by molar-refractivity contribution is 5.64. The molecule has 2 rings (SSSR count). The highest BCUT2D eigenvalue weighted by atomic mass is 19.1. The number of aryl methyl sites for hydroxylation is 1. The molecule has 1 aliphatic heterocycles. The number of anilines is 1. The van der Waals surface area contributed by atoms with Crippen LogP contribution < -0.4 is 10.6 Å². The van der Waals surface area contributed by atoms with Gasteiger partial charge in [0.25, 0.3) is 5.69 Å². The van der Waals surface area contributed by atoms with Crippen molar-refractivity contribution in [1.82, 2.24) is 5.32 Å². The predicted octanol–water partition coefficient (Wildman–Crippen LogP) is 2.21. The molecule has 5 nitrogen and oxygen atoms in total. The van der Waals surface area contributed by atoms with Crippen LogP contribution in [0.5, 0.6) is 0 Å². The zero-order valence-electron chi connectivity index (χ0n) is 10.4. The second-order valence-electron chi connectivity index (χ2n) is 4.99. The first-order chi connectivity index (χ1) is 8.41. The van der Waals surface area contributed by atoms with Gasteiger partial charge >= 0.3 is 0 Å². The molecule has 1 aromatic carbocycles. The second-order valence-corrected chi connectivity index (χ2v) is 4.99. The summed E-state index contributed by atoms with van der Waals surface area (Å²) in [5.41, 5.74) is 0.337. The van der Waals surface area contributed by atoms with E-state index in [1.165, 1.54) is 6.07 Å². The standard InChI is InChI=1S/C12H16FN3O2/c1-8-5-10(11(16(17)18)6-9(8)13)15-12(2)3-4-14-7-12/h5-6,14-15H,3-4,7H2,1-2H3. The minimum absolute atomic E-state index is 0.216. The predicted molar refractivity (Wildman–Crippen MR) is 67.3 cm³/mol. The summed E-state index contributed by atoms with van der Waals surface area (Å²) in [5, 5.41) is 17.3. The Kier molecular flexibility index (Phi) is 3.21. The third-order valence-corrected chi connectivity index (χ3v) is 3.28. The molecule has 1 atom stereocenters. The number of nitrogens with zero attached hydrogens (tertiary/aromatic N) is 1. The average Bonchev–Trinajstić information content (AvgIpc) is 2.69. The Balaban J connectivity index is 2.36. The van der Waals surface area contributed by atoms with Crippen molar-refractivity contribution in [2.24, 2.45) is 0 Å². The van der Waals surface area contributed by atoms with Crippen molar-refractivity contribution in [3.05, 3.63) is 33.6 Å². The van der Waals surface area contributed by atoms with Crippen LogP contribution in [0.25, 0.3) is 0 Å². The largest absolute Gasteiger partial charge is 0.373 e. The summed E-state index contributed by atoms with van der Waals surface area (Å²) in [7, 11) is 0. The normalized spacial score (nSPS) is 23.1. The molecule has 0 spiro atoms. The van der Waals surface area contributed by atoms with E-state index in [0.29, 0.717) is 11.3 Å². The second kappa shape index (κ2) is 4.53. The summed E-state index contributed by atoms with van der Waals surface area (Å²) < 4.78 is 13.4. The molecule has 18 heavy (non-hydrogen) atoms. The van der Waals surface area contributed by atoms with E-state index in [0.717, 1.165) is 25.6 Å². The molecule has 1 heterocycles. The maximum absolute atomic E-state index is 13.4. The van der Waals surface area contributed by atoms with Crippen LogP contribution in [0.4, 0.5) is 15.8 Å². The topological polar surface area (TPSA) is 67.2 Å². The maximum Gasteiger partial charge on any atom is 0.295 e. The van der Waals surface area contributed by atoms with Crippen molar-refractivity contribution < 1.29 is 9.31 Å². The molecule has 0 bridgehead atoms. The fourth-order valence-electron chi connectivity index (χ4n) is 2.17. The number of benzene rings is 1. The van der Waals surface area contributed by atoms with E-state index in [1.807, 2.05) is 6.92 Å². The van der Waals surface area contributed by atoms with Gasteiger partial charge in [-0.05, 0) is 38.4 Å². The minimum Gasteiger partial charge on any atom is -0.373 e. The number of halogens is 1. The Labute approximate surface area is 105 Å². The quantitative estimate of drug-likeness (QED) is 0.640. The summed E-state index contributed by atoms with van der Waals surface area (Å²) in [5.74, 6) is -0.554. The summed E-state index contributed by atoms with van der Waals surface area (Å²) >= 11 is 0. The third-order valence-electron chi connectivity index (χ3n) is 3.28. The third kappa shape index (κ3) is 2.43. The Hall–Kier alpha value is -1.69. The van der Waals surface area contributed by atoms with Crippen molar-refractivity contribution in [2.75, 3.05) is 18.4 Å². The van der Waals surface area contributed by atoms with Crippen LogP contribution in [0.2, 0.25) is 0 Å². The van der Waals surface area contributed by atoms with Gasteiger partial charge in [0.15, 0.2) is 0 Å². The van der Waals surface area contributed by atoms with Gasteiger partial charge in [0.2, 0.25) is 0 Å². The molecule has 1 unspecified atom stereocenters. The number of nitrogens with one attached hydrogen (secondary N) is 2. The van der Waals surface area contributed by atoms with E-state index in [2.05, 4.69) is 10.6 Å². The van der Waals surface area contributed by atoms with Gasteiger partial charge < -0.3 is 10.6 Å². The van der Waals surface area contributed by atoms with Gasteiger partial charge in [-0.2, -0.15) is 0 Å². The maximum atomic E-state index is 13.4.